The van der Waals surface area contributed by atoms with E-state index in [1.54, 1.807) is 11.8 Å². The van der Waals surface area contributed by atoms with Gasteiger partial charge in [0.1, 0.15) is 0 Å². The van der Waals surface area contributed by atoms with Crippen molar-refractivity contribution in [1.82, 2.24) is 55.8 Å². The van der Waals surface area contributed by atoms with Crippen molar-refractivity contribution in [3.63, 3.8) is 0 Å². The Kier molecular flexibility index (Phi) is 105. The summed E-state index contributed by atoms with van der Waals surface area (Å²) in [4.78, 5) is 11.3. The summed E-state index contributed by atoms with van der Waals surface area (Å²) in [5.74, 6) is 1.08. The van der Waals surface area contributed by atoms with E-state index in [9.17, 15) is 0 Å². The van der Waals surface area contributed by atoms with Crippen molar-refractivity contribution >= 4 is 29.1 Å². The number of hydrogen-bond acceptors (Lipinski definition) is 29. The van der Waals surface area contributed by atoms with Gasteiger partial charge >= 0.3 is 17.4 Å². The van der Waals surface area contributed by atoms with Gasteiger partial charge in [-0.3, -0.25) is 4.90 Å². The molecule has 0 spiro atoms. The van der Waals surface area contributed by atoms with Gasteiger partial charge in [0.15, 0.2) is 0 Å². The zero-order valence-electron chi connectivity index (χ0n) is 70.4. The fraction of sp³-hybridized carbons (Fsp3) is 1.00. The van der Waals surface area contributed by atoms with E-state index >= 15 is 0 Å². The maximum atomic E-state index is 5.65. The van der Waals surface area contributed by atoms with Gasteiger partial charge in [-0.05, 0) is 227 Å². The fourth-order valence-electron chi connectivity index (χ4n) is 10.1. The zero-order chi connectivity index (χ0) is 78.6. The molecular formula is C71H180N20O8SSi2. The first-order chi connectivity index (χ1) is 48.9. The van der Waals surface area contributed by atoms with Crippen LogP contribution in [0.4, 0.5) is 0 Å². The monoisotopic (exact) mass is 1530 g/mol. The van der Waals surface area contributed by atoms with Crippen LogP contribution in [0.1, 0.15) is 128 Å². The summed E-state index contributed by atoms with van der Waals surface area (Å²) in [6.07, 6.45) is 10.4. The lowest BCUT2D eigenvalue weighted by molar-refractivity contribution is 0.0502. The highest BCUT2D eigenvalue weighted by Crippen LogP contribution is 2.18. The molecule has 102 heavy (non-hydrogen) atoms. The quantitative estimate of drug-likeness (QED) is 0.0406. The van der Waals surface area contributed by atoms with Crippen LogP contribution in [0.2, 0.25) is 18.6 Å². The highest BCUT2D eigenvalue weighted by atomic mass is 32.2. The molecule has 4 fully saturated rings. The normalized spacial score (nSPS) is 16.2. The highest BCUT2D eigenvalue weighted by Gasteiger charge is 2.39. The smallest absolute Gasteiger partial charge is 0.395 e. The topological polar surface area (TPSA) is 379 Å². The van der Waals surface area contributed by atoms with Gasteiger partial charge in [-0.1, -0.05) is 13.8 Å². The van der Waals surface area contributed by atoms with Crippen LogP contribution in [0, 0.1) is 0 Å². The summed E-state index contributed by atoms with van der Waals surface area (Å²) >= 11 is 1.78. The van der Waals surface area contributed by atoms with Crippen molar-refractivity contribution in [2.45, 2.75) is 165 Å². The lowest BCUT2D eigenvalue weighted by atomic mass is 10.2. The summed E-state index contributed by atoms with van der Waals surface area (Å²) in [5.41, 5.74) is 48.3. The summed E-state index contributed by atoms with van der Waals surface area (Å²) < 4.78 is 44.3. The average molecular weight is 1530 g/mol. The lowest BCUT2D eigenvalue weighted by Crippen LogP contribution is -2.46. The van der Waals surface area contributed by atoms with E-state index < -0.39 is 17.4 Å². The first kappa shape index (κ1) is 115. The van der Waals surface area contributed by atoms with Crippen LogP contribution in [0.5, 0.6) is 0 Å². The Morgan fingerprint density at radius 3 is 1.18 bits per heavy atom. The van der Waals surface area contributed by atoms with Gasteiger partial charge in [0, 0.05) is 188 Å². The number of ether oxygens (including phenoxy) is 3. The van der Waals surface area contributed by atoms with E-state index in [0.717, 1.165) is 214 Å². The minimum atomic E-state index is -2.40. The highest BCUT2D eigenvalue weighted by molar-refractivity contribution is 7.98. The van der Waals surface area contributed by atoms with Crippen molar-refractivity contribution in [3.05, 3.63) is 0 Å². The second-order valence-electron chi connectivity index (χ2n) is 25.8. The summed E-state index contributed by atoms with van der Waals surface area (Å²) in [6, 6.07) is 3.35. The molecule has 28 nitrogen and oxygen atoms in total. The lowest BCUT2D eigenvalue weighted by Gasteiger charge is -2.29. The number of hydrazine groups is 1. The Balaban J connectivity index is -0.000000197. The van der Waals surface area contributed by atoms with Crippen LogP contribution in [0.3, 0.4) is 0 Å². The third-order valence-electron chi connectivity index (χ3n) is 15.0. The largest absolute Gasteiger partial charge is 0.500 e. The molecule has 0 aromatic rings. The standard InChI is InChI=1S/C10H22N2O3.C9H23NO3Si.C8H20N2.C8H21NO2Si.C6H15N3.C6H14N2.C6H16N2.C5H12N2.2C5H14N2.C3H9NS/c1-5-13-6-2-12-4-8-15-10-9-14-7-3-11-1;1-4-11-14(12-5-2,13-6-3)9-7-8-10;1-7(2)10(6-5-9)8(3)4;1-4-10-12(3,11-5-2)8-6-7-9;1-8-4-2-5-9(8)6-3-7;7-3-6-8-4-1-2-5-8;1-3-8(4-2)6-5-7;1-2-6-4-5-7-3-1;1-5(6)4-7(2)3;1-7(2)5-3-4-6;1-5-3-2-4/h11-12H,1-10H2;4-10H2,1-3H3;7-8H,5-6,9H2,1-4H3;4-9H2,1-3H3;2-7H2,1H3;1-7H2;3-7H2,1-2H3;6-7H,1-5H2;5H,4,6H2,1-3H3;3-6H2,1-2H3;2-4H2,1H3. The van der Waals surface area contributed by atoms with E-state index in [1.807, 2.05) is 61.9 Å². The minimum Gasteiger partial charge on any atom is -0.395 e. The molecule has 1 unspecified atom stereocenters. The number of nitrogens with zero attached hydrogens (tertiary/aromatic N) is 7. The summed E-state index contributed by atoms with van der Waals surface area (Å²) in [5, 5.41) is 17.6. The molecule has 0 aliphatic carbocycles. The SMILES string of the molecule is C1CNCCNC1.C1COCCNCCOCCOCCN1.CC(C)N(CCN)C(C)C.CC(N)CN(C)C.CCN(CC)CCN.CCO[Si](C)(CCCN)OCC.CCO[Si](CCCN)(OCC)OCC.CN(C)CCCN.CN1CCCN1CCN.CSCCN.NCCN1CCCC1. The number of rotatable bonds is 35. The van der Waals surface area contributed by atoms with E-state index in [4.69, 9.17) is 87.9 Å². The molecule has 4 aliphatic rings. The van der Waals surface area contributed by atoms with Crippen LogP contribution < -0.4 is 72.9 Å². The van der Waals surface area contributed by atoms with Gasteiger partial charge in [-0.15, -0.1) is 0 Å². The Hall–Kier alpha value is -0.336. The average Bonchev–Trinajstić information content (AvgIpc) is 1.10. The number of likely N-dealkylation sites (N-methyl/N-ethyl adjacent to an activating group) is 2. The number of likely N-dealkylation sites (tertiary alicyclic amines) is 1. The van der Waals surface area contributed by atoms with Gasteiger partial charge in [-0.2, -0.15) is 11.8 Å². The van der Waals surface area contributed by atoms with Crippen molar-refractivity contribution in [2.24, 2.45) is 51.6 Å². The summed E-state index contributed by atoms with van der Waals surface area (Å²) in [7, 11) is 6.00. The molecule has 4 heterocycles. The molecular weight excluding hydrogens is 1350 g/mol. The Morgan fingerprint density at radius 2 is 0.892 bits per heavy atom. The molecule has 4 aliphatic heterocycles. The molecule has 0 saturated carbocycles. The van der Waals surface area contributed by atoms with Crippen LogP contribution >= 0.6 is 11.8 Å². The molecule has 0 aromatic heterocycles. The maximum absolute atomic E-state index is 5.65. The number of nitrogens with two attached hydrogens (primary N) is 9. The van der Waals surface area contributed by atoms with E-state index in [0.29, 0.717) is 57.7 Å². The number of nitrogens with one attached hydrogen (secondary N) is 4. The van der Waals surface area contributed by atoms with Crippen molar-refractivity contribution in [1.29, 1.82) is 0 Å². The van der Waals surface area contributed by atoms with E-state index in [2.05, 4.69) is 125 Å². The molecule has 0 amide bonds. The second kappa shape index (κ2) is 93.0. The zero-order valence-corrected chi connectivity index (χ0v) is 73.2. The van der Waals surface area contributed by atoms with Gasteiger partial charge in [0.2, 0.25) is 0 Å². The first-order valence-electron chi connectivity index (χ1n) is 39.5. The van der Waals surface area contributed by atoms with Crippen molar-refractivity contribution < 1.29 is 36.3 Å². The molecule has 0 aromatic carbocycles. The predicted molar refractivity (Wildman–Crippen MR) is 448 cm³/mol. The maximum Gasteiger partial charge on any atom is 0.500 e. The Labute approximate surface area is 637 Å². The van der Waals surface area contributed by atoms with Crippen molar-refractivity contribution in [3.8, 4) is 0 Å². The molecule has 22 N–H and O–H groups in total. The minimum absolute atomic E-state index is 0.301. The molecule has 1 atom stereocenters. The van der Waals surface area contributed by atoms with E-state index in [1.165, 1.54) is 65.0 Å². The third-order valence-corrected chi connectivity index (χ3v) is 21.9. The second-order valence-corrected chi connectivity index (χ2v) is 32.8. The molecule has 31 heteroatoms. The van der Waals surface area contributed by atoms with Gasteiger partial charge in [0.05, 0.1) is 39.6 Å². The first-order valence-corrected chi connectivity index (χ1v) is 45.4. The molecule has 0 bridgehead atoms. The van der Waals surface area contributed by atoms with Crippen LogP contribution in [-0.2, 0) is 36.3 Å². The third kappa shape index (κ3) is 92.0. The molecule has 626 valence electrons. The predicted octanol–water partition coefficient (Wildman–Crippen LogP) is 2.65. The number of hydrogen-bond donors (Lipinski definition) is 13. The van der Waals surface area contributed by atoms with Gasteiger partial charge < -0.3 is 129 Å². The van der Waals surface area contributed by atoms with Crippen LogP contribution in [0.15, 0.2) is 0 Å². The van der Waals surface area contributed by atoms with Crippen LogP contribution in [-0.4, -0.2) is 373 Å². The summed E-state index contributed by atoms with van der Waals surface area (Å²) in [6.45, 7) is 62.6. The number of thioether (sulfide) groups is 1. The van der Waals surface area contributed by atoms with E-state index in [-0.39, 0.29) is 0 Å². The van der Waals surface area contributed by atoms with Gasteiger partial charge in [-0.25, -0.2) is 10.0 Å². The molecule has 4 saturated heterocycles. The molecule has 0 radical (unpaired) electrons. The molecule has 4 rings (SSSR count). The Morgan fingerprint density at radius 1 is 0.461 bits per heavy atom. The fourth-order valence-corrected chi connectivity index (χ4v) is 15.4. The Bertz CT molecular complexity index is 1380. The van der Waals surface area contributed by atoms with Crippen LogP contribution in [0.25, 0.3) is 0 Å². The van der Waals surface area contributed by atoms with Gasteiger partial charge in [0.25, 0.3) is 0 Å². The van der Waals surface area contributed by atoms with Crippen molar-refractivity contribution in [2.75, 3.05) is 303 Å².